The van der Waals surface area contributed by atoms with Gasteiger partial charge in [0.1, 0.15) is 8.07 Å². The van der Waals surface area contributed by atoms with Gasteiger partial charge < -0.3 is 0 Å². The summed E-state index contributed by atoms with van der Waals surface area (Å²) in [6.07, 6.45) is 7.25. The van der Waals surface area contributed by atoms with Crippen molar-refractivity contribution in [3.63, 3.8) is 0 Å². The molecule has 0 radical (unpaired) electrons. The SMILES string of the molecule is CC(C)c1cc(-c2nccc3c2[Si]2(CCCC2)C(c2ccc(C(C)(C)C)cc2)=C3)cc2ccccc12. The number of rotatable bonds is 3. The van der Waals surface area contributed by atoms with E-state index < -0.39 is 8.07 Å². The molecule has 1 aromatic heterocycles. The van der Waals surface area contributed by atoms with Crippen LogP contribution in [0.3, 0.4) is 0 Å². The van der Waals surface area contributed by atoms with Crippen LogP contribution in [0.25, 0.3) is 33.3 Å². The Bertz CT molecular complexity index is 1480. The third kappa shape index (κ3) is 3.69. The Morgan fingerprint density at radius 2 is 1.56 bits per heavy atom. The van der Waals surface area contributed by atoms with Gasteiger partial charge in [0.2, 0.25) is 0 Å². The predicted octanol–water partition coefficient (Wildman–Crippen LogP) is 8.87. The highest BCUT2D eigenvalue weighted by Crippen LogP contribution is 2.47. The summed E-state index contributed by atoms with van der Waals surface area (Å²) in [6.45, 7) is 11.5. The molecule has 0 unspecified atom stereocenters. The van der Waals surface area contributed by atoms with E-state index in [0.29, 0.717) is 5.92 Å². The van der Waals surface area contributed by atoms with Crippen LogP contribution in [-0.4, -0.2) is 13.1 Å². The van der Waals surface area contributed by atoms with E-state index in [4.69, 9.17) is 4.98 Å². The minimum atomic E-state index is -1.86. The van der Waals surface area contributed by atoms with E-state index in [1.165, 1.54) is 69.2 Å². The average molecular weight is 488 g/mol. The van der Waals surface area contributed by atoms with E-state index in [-0.39, 0.29) is 5.41 Å². The maximum absolute atomic E-state index is 5.12. The van der Waals surface area contributed by atoms with Crippen molar-refractivity contribution in [2.45, 2.75) is 70.9 Å². The monoisotopic (exact) mass is 487 g/mol. The van der Waals surface area contributed by atoms with Gasteiger partial charge in [-0.2, -0.15) is 0 Å². The second-order valence-electron chi connectivity index (χ2n) is 12.2. The van der Waals surface area contributed by atoms with Crippen LogP contribution in [0.1, 0.15) is 75.6 Å². The van der Waals surface area contributed by atoms with Crippen molar-refractivity contribution in [2.75, 3.05) is 0 Å². The second kappa shape index (κ2) is 8.56. The molecule has 1 spiro atoms. The van der Waals surface area contributed by atoms with E-state index in [1.807, 2.05) is 6.20 Å². The molecule has 6 rings (SSSR count). The van der Waals surface area contributed by atoms with Crippen LogP contribution in [0.5, 0.6) is 0 Å². The molecule has 1 saturated heterocycles. The third-order valence-corrected chi connectivity index (χ3v) is 13.9. The van der Waals surface area contributed by atoms with Crippen molar-refractivity contribution < 1.29 is 0 Å². The number of hydrogen-bond donors (Lipinski definition) is 0. The molecule has 0 N–H and O–H groups in total. The van der Waals surface area contributed by atoms with Gasteiger partial charge in [-0.15, -0.1) is 0 Å². The molecule has 1 nitrogen and oxygen atoms in total. The molecule has 0 aliphatic carbocycles. The molecule has 1 fully saturated rings. The molecule has 2 aliphatic rings. The molecule has 0 bridgehead atoms. The van der Waals surface area contributed by atoms with E-state index in [2.05, 4.69) is 107 Å². The van der Waals surface area contributed by atoms with Gasteiger partial charge in [0.15, 0.2) is 0 Å². The van der Waals surface area contributed by atoms with E-state index in [9.17, 15) is 0 Å². The van der Waals surface area contributed by atoms with Gasteiger partial charge in [-0.25, -0.2) is 0 Å². The van der Waals surface area contributed by atoms with Gasteiger partial charge in [0, 0.05) is 11.8 Å². The Kier molecular flexibility index (Phi) is 5.57. The van der Waals surface area contributed by atoms with Crippen LogP contribution in [0.15, 0.2) is 72.9 Å². The van der Waals surface area contributed by atoms with Crippen LogP contribution >= 0.6 is 0 Å². The zero-order chi connectivity index (χ0) is 25.1. The fraction of sp³-hybridized carbons (Fsp3) is 0.324. The second-order valence-corrected chi connectivity index (χ2v) is 16.4. The molecule has 0 amide bonds. The maximum atomic E-state index is 5.12. The zero-order valence-electron chi connectivity index (χ0n) is 22.4. The molecule has 3 heterocycles. The first-order chi connectivity index (χ1) is 17.3. The van der Waals surface area contributed by atoms with Crippen LogP contribution in [0.4, 0.5) is 0 Å². The summed E-state index contributed by atoms with van der Waals surface area (Å²) in [7, 11) is -1.86. The summed E-state index contributed by atoms with van der Waals surface area (Å²) >= 11 is 0. The fourth-order valence-corrected chi connectivity index (χ4v) is 12.5. The van der Waals surface area contributed by atoms with Gasteiger partial charge in [-0.3, -0.25) is 4.98 Å². The highest BCUT2D eigenvalue weighted by Gasteiger charge is 2.48. The maximum Gasteiger partial charge on any atom is 0.122 e. The summed E-state index contributed by atoms with van der Waals surface area (Å²) < 4.78 is 0. The molecule has 4 aromatic rings. The van der Waals surface area contributed by atoms with Crippen LogP contribution < -0.4 is 5.19 Å². The highest BCUT2D eigenvalue weighted by atomic mass is 28.3. The topological polar surface area (TPSA) is 12.9 Å². The van der Waals surface area contributed by atoms with Gasteiger partial charge in [-0.1, -0.05) is 102 Å². The lowest BCUT2D eigenvalue weighted by Gasteiger charge is -2.29. The molecule has 182 valence electrons. The molecule has 0 atom stereocenters. The molecule has 2 heteroatoms. The summed E-state index contributed by atoms with van der Waals surface area (Å²) in [5, 5.41) is 5.93. The van der Waals surface area contributed by atoms with Crippen LogP contribution in [0.2, 0.25) is 12.1 Å². The van der Waals surface area contributed by atoms with E-state index in [1.54, 1.807) is 10.4 Å². The number of fused-ring (bicyclic) bond motifs is 3. The minimum absolute atomic E-state index is 0.176. The molecule has 0 saturated carbocycles. The van der Waals surface area contributed by atoms with Gasteiger partial charge in [0.05, 0.1) is 5.69 Å². The molecular weight excluding hydrogens is 450 g/mol. The van der Waals surface area contributed by atoms with Gasteiger partial charge >= 0.3 is 0 Å². The van der Waals surface area contributed by atoms with Crippen molar-refractivity contribution in [3.8, 4) is 11.3 Å². The number of nitrogens with zero attached hydrogens (tertiary/aromatic N) is 1. The first-order valence-electron chi connectivity index (χ1n) is 13.6. The van der Waals surface area contributed by atoms with Crippen molar-refractivity contribution in [2.24, 2.45) is 0 Å². The lowest BCUT2D eigenvalue weighted by Crippen LogP contribution is -2.46. The van der Waals surface area contributed by atoms with Crippen molar-refractivity contribution in [1.29, 1.82) is 0 Å². The molecule has 36 heavy (non-hydrogen) atoms. The quantitative estimate of drug-likeness (QED) is 0.263. The Labute approximate surface area is 217 Å². The van der Waals surface area contributed by atoms with Crippen molar-refractivity contribution in [1.82, 2.24) is 4.98 Å². The Morgan fingerprint density at radius 1 is 0.833 bits per heavy atom. The lowest BCUT2D eigenvalue weighted by atomic mass is 9.86. The Hall–Kier alpha value is -2.97. The molecule has 2 aliphatic heterocycles. The Morgan fingerprint density at radius 3 is 2.25 bits per heavy atom. The fourth-order valence-electron chi connectivity index (χ4n) is 6.71. The van der Waals surface area contributed by atoms with Crippen molar-refractivity contribution >= 4 is 35.3 Å². The highest BCUT2D eigenvalue weighted by molar-refractivity contribution is 7.09. The molecule has 3 aromatic carbocycles. The lowest BCUT2D eigenvalue weighted by molar-refractivity contribution is 0.590. The normalized spacial score (nSPS) is 16.7. The first kappa shape index (κ1) is 23.4. The summed E-state index contributed by atoms with van der Waals surface area (Å²) in [6, 6.07) is 28.1. The molecular formula is C34H37NSi. The summed E-state index contributed by atoms with van der Waals surface area (Å²) in [5.74, 6) is 0.472. The van der Waals surface area contributed by atoms with E-state index >= 15 is 0 Å². The smallest absolute Gasteiger partial charge is 0.122 e. The minimum Gasteiger partial charge on any atom is -0.256 e. The number of benzene rings is 3. The number of pyridine rings is 1. The van der Waals surface area contributed by atoms with Crippen molar-refractivity contribution in [3.05, 3.63) is 95.2 Å². The Balaban J connectivity index is 1.52. The van der Waals surface area contributed by atoms with E-state index in [0.717, 1.165) is 0 Å². The number of hydrogen-bond acceptors (Lipinski definition) is 1. The number of aromatic nitrogens is 1. The standard InChI is InChI=1S/C34H37NSi/c1-23(2)30-21-27(20-25-10-6-7-11-29(25)30)32-33-26(16-17-35-32)22-31(36(33)18-8-9-19-36)24-12-14-28(15-13-24)34(3,4)5/h6-7,10-17,20-23H,8-9,18-19H2,1-5H3. The predicted molar refractivity (Wildman–Crippen MR) is 159 cm³/mol. The van der Waals surface area contributed by atoms with Crippen LogP contribution in [0, 0.1) is 0 Å². The third-order valence-electron chi connectivity index (χ3n) is 8.59. The van der Waals surface area contributed by atoms with Crippen LogP contribution in [-0.2, 0) is 5.41 Å². The van der Waals surface area contributed by atoms with Gasteiger partial charge in [0.25, 0.3) is 0 Å². The first-order valence-corrected chi connectivity index (χ1v) is 16.0. The van der Waals surface area contributed by atoms with Gasteiger partial charge in [-0.05, 0) is 85.0 Å². The zero-order valence-corrected chi connectivity index (χ0v) is 23.4. The average Bonchev–Trinajstić information content (AvgIpc) is 3.48. The largest absolute Gasteiger partial charge is 0.256 e. The summed E-state index contributed by atoms with van der Waals surface area (Å²) in [4.78, 5) is 5.12. The summed E-state index contributed by atoms with van der Waals surface area (Å²) in [5.41, 5.74) is 8.40.